The van der Waals surface area contributed by atoms with E-state index in [2.05, 4.69) is 12.0 Å². The number of anilines is 1. The van der Waals surface area contributed by atoms with Crippen molar-refractivity contribution >= 4 is 17.3 Å². The van der Waals surface area contributed by atoms with E-state index < -0.39 is 0 Å². The zero-order chi connectivity index (χ0) is 15.5. The van der Waals surface area contributed by atoms with Gasteiger partial charge in [0.2, 0.25) is 5.91 Å². The normalized spacial score (nSPS) is 23.5. The van der Waals surface area contributed by atoms with Crippen LogP contribution in [0.3, 0.4) is 0 Å². The second-order valence-electron chi connectivity index (χ2n) is 6.24. The fraction of sp³-hybridized carbons (Fsp3) is 0.529. The van der Waals surface area contributed by atoms with Crippen LogP contribution in [0.2, 0.25) is 0 Å². The van der Waals surface area contributed by atoms with Crippen LogP contribution in [-0.4, -0.2) is 36.4 Å². The SMILES string of the molecule is C[C@H]1CC(=O)N(CC2CCOCC2)N=C1c1ccc(N)cc1. The summed E-state index contributed by atoms with van der Waals surface area (Å²) in [7, 11) is 0. The molecule has 5 heteroatoms. The van der Waals surface area contributed by atoms with Crippen LogP contribution in [0.15, 0.2) is 29.4 Å². The minimum atomic E-state index is 0.123. The van der Waals surface area contributed by atoms with Crippen LogP contribution < -0.4 is 5.73 Å². The van der Waals surface area contributed by atoms with Crippen LogP contribution in [0.5, 0.6) is 0 Å². The molecule has 0 aliphatic carbocycles. The number of carbonyl (C=O) groups excluding carboxylic acids is 1. The molecule has 22 heavy (non-hydrogen) atoms. The molecule has 2 aliphatic rings. The summed E-state index contributed by atoms with van der Waals surface area (Å²) in [6, 6.07) is 7.72. The van der Waals surface area contributed by atoms with Gasteiger partial charge in [0.05, 0.1) is 5.71 Å². The minimum absolute atomic E-state index is 0.123. The first-order valence-electron chi connectivity index (χ1n) is 7.96. The van der Waals surface area contributed by atoms with Crippen molar-refractivity contribution in [1.82, 2.24) is 5.01 Å². The van der Waals surface area contributed by atoms with Crippen molar-refractivity contribution in [3.05, 3.63) is 29.8 Å². The van der Waals surface area contributed by atoms with Gasteiger partial charge in [0.25, 0.3) is 0 Å². The van der Waals surface area contributed by atoms with E-state index in [0.29, 0.717) is 18.9 Å². The Labute approximate surface area is 131 Å². The summed E-state index contributed by atoms with van der Waals surface area (Å²) in [6.07, 6.45) is 2.53. The molecular weight excluding hydrogens is 278 g/mol. The van der Waals surface area contributed by atoms with Crippen LogP contribution >= 0.6 is 0 Å². The molecule has 1 atom stereocenters. The van der Waals surface area contributed by atoms with Gasteiger partial charge in [-0.1, -0.05) is 19.1 Å². The van der Waals surface area contributed by atoms with Crippen molar-refractivity contribution < 1.29 is 9.53 Å². The standard InChI is InChI=1S/C17H23N3O2/c1-12-10-16(21)20(11-13-6-8-22-9-7-13)19-17(12)14-2-4-15(18)5-3-14/h2-5,12-13H,6-11,18H2,1H3/t12-/m0/s1. The number of hydrogen-bond donors (Lipinski definition) is 1. The molecule has 1 saturated heterocycles. The van der Waals surface area contributed by atoms with Crippen LogP contribution in [0.4, 0.5) is 5.69 Å². The van der Waals surface area contributed by atoms with Crippen LogP contribution in [0.1, 0.15) is 31.7 Å². The lowest BCUT2D eigenvalue weighted by Gasteiger charge is -2.31. The highest BCUT2D eigenvalue weighted by Gasteiger charge is 2.29. The number of ether oxygens (including phenoxy) is 1. The maximum atomic E-state index is 12.3. The molecule has 0 radical (unpaired) electrons. The maximum Gasteiger partial charge on any atom is 0.243 e. The van der Waals surface area contributed by atoms with E-state index in [1.54, 1.807) is 5.01 Å². The van der Waals surface area contributed by atoms with Crippen molar-refractivity contribution in [2.24, 2.45) is 16.9 Å². The minimum Gasteiger partial charge on any atom is -0.399 e. The predicted octanol–water partition coefficient (Wildman–Crippen LogP) is 2.27. The zero-order valence-electron chi connectivity index (χ0n) is 13.0. The number of carbonyl (C=O) groups is 1. The predicted molar refractivity (Wildman–Crippen MR) is 86.4 cm³/mol. The summed E-state index contributed by atoms with van der Waals surface area (Å²) in [5.74, 6) is 0.753. The largest absolute Gasteiger partial charge is 0.399 e. The molecule has 0 bridgehead atoms. The summed E-state index contributed by atoms with van der Waals surface area (Å²) in [5.41, 5.74) is 8.51. The Kier molecular flexibility index (Phi) is 4.43. The highest BCUT2D eigenvalue weighted by Crippen LogP contribution is 2.24. The Morgan fingerprint density at radius 2 is 1.95 bits per heavy atom. The third-order valence-corrected chi connectivity index (χ3v) is 4.44. The zero-order valence-corrected chi connectivity index (χ0v) is 13.0. The van der Waals surface area contributed by atoms with Crippen LogP contribution in [-0.2, 0) is 9.53 Å². The lowest BCUT2D eigenvalue weighted by Crippen LogP contribution is -2.40. The second kappa shape index (κ2) is 6.48. The number of benzene rings is 1. The lowest BCUT2D eigenvalue weighted by atomic mass is 9.93. The molecule has 2 aliphatic heterocycles. The lowest BCUT2D eigenvalue weighted by molar-refractivity contribution is -0.133. The van der Waals surface area contributed by atoms with Crippen molar-refractivity contribution in [2.75, 3.05) is 25.5 Å². The quantitative estimate of drug-likeness (QED) is 0.871. The molecule has 0 unspecified atom stereocenters. The van der Waals surface area contributed by atoms with Crippen LogP contribution in [0.25, 0.3) is 0 Å². The average molecular weight is 301 g/mol. The third-order valence-electron chi connectivity index (χ3n) is 4.44. The number of hydrogen-bond acceptors (Lipinski definition) is 4. The molecule has 1 amide bonds. The van der Waals surface area contributed by atoms with Gasteiger partial charge in [-0.2, -0.15) is 5.10 Å². The molecule has 1 aromatic rings. The summed E-state index contributed by atoms with van der Waals surface area (Å²) >= 11 is 0. The fourth-order valence-electron chi connectivity index (χ4n) is 3.06. The fourth-order valence-corrected chi connectivity index (χ4v) is 3.06. The van der Waals surface area contributed by atoms with Crippen molar-refractivity contribution in [3.63, 3.8) is 0 Å². The number of nitrogens with zero attached hydrogens (tertiary/aromatic N) is 2. The van der Waals surface area contributed by atoms with Crippen molar-refractivity contribution in [2.45, 2.75) is 26.2 Å². The van der Waals surface area contributed by atoms with E-state index in [1.165, 1.54) is 0 Å². The molecule has 0 aromatic heterocycles. The summed E-state index contributed by atoms with van der Waals surface area (Å²) < 4.78 is 5.38. The van der Waals surface area contributed by atoms with E-state index in [0.717, 1.165) is 43.0 Å². The van der Waals surface area contributed by atoms with Crippen molar-refractivity contribution in [1.29, 1.82) is 0 Å². The molecule has 1 fully saturated rings. The monoisotopic (exact) mass is 301 g/mol. The van der Waals surface area contributed by atoms with Crippen LogP contribution in [0, 0.1) is 11.8 Å². The molecule has 2 heterocycles. The van der Waals surface area contributed by atoms with E-state index in [4.69, 9.17) is 10.5 Å². The van der Waals surface area contributed by atoms with E-state index in [9.17, 15) is 4.79 Å². The second-order valence-corrected chi connectivity index (χ2v) is 6.24. The van der Waals surface area contributed by atoms with E-state index >= 15 is 0 Å². The van der Waals surface area contributed by atoms with Gasteiger partial charge in [0.15, 0.2) is 0 Å². The van der Waals surface area contributed by atoms with Gasteiger partial charge in [0.1, 0.15) is 0 Å². The third kappa shape index (κ3) is 3.30. The van der Waals surface area contributed by atoms with E-state index in [-0.39, 0.29) is 11.8 Å². The topological polar surface area (TPSA) is 67.9 Å². The van der Waals surface area contributed by atoms with Gasteiger partial charge in [0, 0.05) is 37.8 Å². The molecule has 0 saturated carbocycles. The number of nitrogens with two attached hydrogens (primary N) is 1. The van der Waals surface area contributed by atoms with Gasteiger partial charge in [-0.05, 0) is 36.5 Å². The Bertz CT molecular complexity index is 562. The number of rotatable bonds is 3. The molecule has 118 valence electrons. The highest BCUT2D eigenvalue weighted by molar-refractivity contribution is 6.05. The molecule has 2 N–H and O–H groups in total. The Morgan fingerprint density at radius 1 is 1.27 bits per heavy atom. The summed E-state index contributed by atoms with van der Waals surface area (Å²) in [5, 5.41) is 6.32. The average Bonchev–Trinajstić information content (AvgIpc) is 2.52. The number of nitrogen functional groups attached to an aromatic ring is 1. The Hall–Kier alpha value is -1.88. The molecule has 5 nitrogen and oxygen atoms in total. The maximum absolute atomic E-state index is 12.3. The van der Waals surface area contributed by atoms with Gasteiger partial charge in [-0.25, -0.2) is 5.01 Å². The molecule has 3 rings (SSSR count). The van der Waals surface area contributed by atoms with Gasteiger partial charge < -0.3 is 10.5 Å². The van der Waals surface area contributed by atoms with E-state index in [1.807, 2.05) is 24.3 Å². The smallest absolute Gasteiger partial charge is 0.243 e. The first kappa shape index (κ1) is 15.0. The summed E-state index contributed by atoms with van der Waals surface area (Å²) in [4.78, 5) is 12.3. The molecule has 0 spiro atoms. The van der Waals surface area contributed by atoms with Gasteiger partial charge >= 0.3 is 0 Å². The van der Waals surface area contributed by atoms with Crippen molar-refractivity contribution in [3.8, 4) is 0 Å². The van der Waals surface area contributed by atoms with Gasteiger partial charge in [-0.3, -0.25) is 4.79 Å². The number of hydrazone groups is 1. The Morgan fingerprint density at radius 3 is 2.64 bits per heavy atom. The number of amides is 1. The first-order valence-corrected chi connectivity index (χ1v) is 7.96. The molecular formula is C17H23N3O2. The Balaban J connectivity index is 1.79. The first-order chi connectivity index (χ1) is 10.6. The van der Waals surface area contributed by atoms with Gasteiger partial charge in [-0.15, -0.1) is 0 Å². The highest BCUT2D eigenvalue weighted by atomic mass is 16.5. The molecule has 1 aromatic carbocycles. The summed E-state index contributed by atoms with van der Waals surface area (Å²) in [6.45, 7) is 4.33.